The van der Waals surface area contributed by atoms with Gasteiger partial charge in [0.2, 0.25) is 0 Å². The Balaban J connectivity index is 2.78. The van der Waals surface area contributed by atoms with Crippen molar-refractivity contribution < 1.29 is 9.90 Å². The van der Waals surface area contributed by atoms with Crippen molar-refractivity contribution in [3.63, 3.8) is 0 Å². The molecule has 0 aliphatic heterocycles. The van der Waals surface area contributed by atoms with Crippen LogP contribution in [0.5, 0.6) is 0 Å². The molecule has 0 bridgehead atoms. The summed E-state index contributed by atoms with van der Waals surface area (Å²) in [5.74, 6) is 0.0601. The van der Waals surface area contributed by atoms with Crippen LogP contribution in [-0.2, 0) is 6.42 Å². The van der Waals surface area contributed by atoms with Gasteiger partial charge in [-0.1, -0.05) is 18.2 Å². The first-order valence-electron chi connectivity index (χ1n) is 5.13. The number of ketones is 1. The first kappa shape index (κ1) is 11.9. The predicted molar refractivity (Wildman–Crippen MR) is 59.8 cm³/mol. The summed E-state index contributed by atoms with van der Waals surface area (Å²) in [7, 11) is 0. The summed E-state index contributed by atoms with van der Waals surface area (Å²) < 4.78 is 0. The Labute approximate surface area is 89.9 Å². The van der Waals surface area contributed by atoms with E-state index in [1.54, 1.807) is 13.0 Å². The summed E-state index contributed by atoms with van der Waals surface area (Å²) in [5.41, 5.74) is 6.98. The predicted octanol–water partition coefficient (Wildman–Crippen LogP) is 1.14. The highest BCUT2D eigenvalue weighted by Gasteiger charge is 2.06. The molecule has 0 amide bonds. The quantitative estimate of drug-likeness (QED) is 0.712. The molecular formula is C12H17NO2. The second-order valence-electron chi connectivity index (χ2n) is 3.72. The minimum absolute atomic E-state index is 0.0601. The molecule has 0 saturated heterocycles. The molecule has 0 saturated carbocycles. The van der Waals surface area contributed by atoms with E-state index >= 15 is 0 Å². The first-order chi connectivity index (χ1) is 7.13. The molecule has 3 heteroatoms. The molecular weight excluding hydrogens is 190 g/mol. The van der Waals surface area contributed by atoms with Crippen LogP contribution in [0, 0.1) is 0 Å². The molecule has 1 aromatic rings. The molecule has 0 aliphatic rings. The number of Topliss-reactive ketones (excluding diaryl/α,β-unsaturated/α-hetero) is 1. The molecule has 82 valence electrons. The molecule has 0 radical (unpaired) electrons. The Morgan fingerprint density at radius 3 is 2.87 bits per heavy atom. The fourth-order valence-corrected chi connectivity index (χ4v) is 1.49. The molecule has 3 N–H and O–H groups in total. The monoisotopic (exact) mass is 207 g/mol. The zero-order chi connectivity index (χ0) is 11.3. The van der Waals surface area contributed by atoms with E-state index in [0.717, 1.165) is 5.56 Å². The van der Waals surface area contributed by atoms with E-state index < -0.39 is 0 Å². The number of aliphatic hydroxyl groups is 1. The Hall–Kier alpha value is -1.19. The van der Waals surface area contributed by atoms with Crippen molar-refractivity contribution in [3.8, 4) is 0 Å². The van der Waals surface area contributed by atoms with E-state index in [1.807, 2.05) is 18.2 Å². The van der Waals surface area contributed by atoms with E-state index in [-0.39, 0.29) is 11.9 Å². The van der Waals surface area contributed by atoms with Crippen LogP contribution < -0.4 is 5.73 Å². The number of hydrogen-bond acceptors (Lipinski definition) is 3. The lowest BCUT2D eigenvalue weighted by Gasteiger charge is -2.06. The van der Waals surface area contributed by atoms with Gasteiger partial charge in [-0.2, -0.15) is 0 Å². The number of aliphatic hydroxyl groups excluding tert-OH is 1. The van der Waals surface area contributed by atoms with E-state index in [2.05, 4.69) is 0 Å². The third-order valence-corrected chi connectivity index (χ3v) is 2.15. The molecule has 1 atom stereocenters. The first-order valence-corrected chi connectivity index (χ1v) is 5.13. The SMILES string of the molecule is CC(O)Cc1cccc(C(=O)CCN)c1. The van der Waals surface area contributed by atoms with Crippen molar-refractivity contribution in [3.05, 3.63) is 35.4 Å². The molecule has 0 aliphatic carbocycles. The van der Waals surface area contributed by atoms with Gasteiger partial charge >= 0.3 is 0 Å². The molecule has 1 rings (SSSR count). The number of nitrogens with two attached hydrogens (primary N) is 1. The summed E-state index contributed by atoms with van der Waals surface area (Å²) in [4.78, 5) is 11.5. The molecule has 3 nitrogen and oxygen atoms in total. The summed E-state index contributed by atoms with van der Waals surface area (Å²) in [5, 5.41) is 9.23. The maximum atomic E-state index is 11.5. The minimum Gasteiger partial charge on any atom is -0.393 e. The van der Waals surface area contributed by atoms with Crippen LogP contribution in [0.4, 0.5) is 0 Å². The molecule has 1 unspecified atom stereocenters. The van der Waals surface area contributed by atoms with E-state index in [0.29, 0.717) is 24.9 Å². The van der Waals surface area contributed by atoms with Crippen LogP contribution in [0.1, 0.15) is 29.3 Å². The van der Waals surface area contributed by atoms with E-state index in [4.69, 9.17) is 5.73 Å². The van der Waals surface area contributed by atoms with Gasteiger partial charge in [0, 0.05) is 12.0 Å². The van der Waals surface area contributed by atoms with Crippen molar-refractivity contribution in [1.82, 2.24) is 0 Å². The van der Waals surface area contributed by atoms with Gasteiger partial charge in [0.1, 0.15) is 0 Å². The van der Waals surface area contributed by atoms with Crippen molar-refractivity contribution in [2.45, 2.75) is 25.9 Å². The van der Waals surface area contributed by atoms with E-state index in [9.17, 15) is 9.90 Å². The molecule has 15 heavy (non-hydrogen) atoms. The summed E-state index contributed by atoms with van der Waals surface area (Å²) in [6, 6.07) is 7.35. The molecule has 0 heterocycles. The zero-order valence-electron chi connectivity index (χ0n) is 8.94. The number of rotatable bonds is 5. The second-order valence-corrected chi connectivity index (χ2v) is 3.72. The Morgan fingerprint density at radius 1 is 1.53 bits per heavy atom. The number of carbonyl (C=O) groups is 1. The Bertz CT molecular complexity index is 334. The maximum Gasteiger partial charge on any atom is 0.164 e. The number of hydrogen-bond donors (Lipinski definition) is 2. The highest BCUT2D eigenvalue weighted by atomic mass is 16.3. The van der Waals surface area contributed by atoms with E-state index in [1.165, 1.54) is 0 Å². The highest BCUT2D eigenvalue weighted by molar-refractivity contribution is 5.96. The lowest BCUT2D eigenvalue weighted by molar-refractivity contribution is 0.0985. The van der Waals surface area contributed by atoms with Crippen LogP contribution in [0.2, 0.25) is 0 Å². The zero-order valence-corrected chi connectivity index (χ0v) is 8.94. The van der Waals surface area contributed by atoms with Gasteiger partial charge in [0.15, 0.2) is 5.78 Å². The topological polar surface area (TPSA) is 63.3 Å². The van der Waals surface area contributed by atoms with Crippen LogP contribution in [0.25, 0.3) is 0 Å². The van der Waals surface area contributed by atoms with Crippen molar-refractivity contribution in [2.75, 3.05) is 6.54 Å². The lowest BCUT2D eigenvalue weighted by Crippen LogP contribution is -2.09. The van der Waals surface area contributed by atoms with Crippen LogP contribution in [0.3, 0.4) is 0 Å². The standard InChI is InChI=1S/C12H17NO2/c1-9(14)7-10-3-2-4-11(8-10)12(15)5-6-13/h2-4,8-9,14H,5-7,13H2,1H3. The van der Waals surface area contributed by atoms with Gasteiger partial charge in [-0.3, -0.25) is 4.79 Å². The highest BCUT2D eigenvalue weighted by Crippen LogP contribution is 2.09. The van der Waals surface area contributed by atoms with Crippen LogP contribution in [-0.4, -0.2) is 23.5 Å². The number of benzene rings is 1. The van der Waals surface area contributed by atoms with Gasteiger partial charge in [-0.15, -0.1) is 0 Å². The molecule has 0 spiro atoms. The van der Waals surface area contributed by atoms with Crippen LogP contribution in [0.15, 0.2) is 24.3 Å². The van der Waals surface area contributed by atoms with Gasteiger partial charge in [0.25, 0.3) is 0 Å². The van der Waals surface area contributed by atoms with Crippen molar-refractivity contribution >= 4 is 5.78 Å². The fourth-order valence-electron chi connectivity index (χ4n) is 1.49. The normalized spacial score (nSPS) is 12.5. The largest absolute Gasteiger partial charge is 0.393 e. The summed E-state index contributed by atoms with van der Waals surface area (Å²) in [6.45, 7) is 2.11. The van der Waals surface area contributed by atoms with Gasteiger partial charge in [-0.05, 0) is 31.5 Å². The third-order valence-electron chi connectivity index (χ3n) is 2.15. The van der Waals surface area contributed by atoms with Gasteiger partial charge < -0.3 is 10.8 Å². The minimum atomic E-state index is -0.384. The molecule has 0 fully saturated rings. The average molecular weight is 207 g/mol. The molecule has 1 aromatic carbocycles. The Morgan fingerprint density at radius 2 is 2.27 bits per heavy atom. The van der Waals surface area contributed by atoms with Crippen LogP contribution >= 0.6 is 0 Å². The second kappa shape index (κ2) is 5.63. The smallest absolute Gasteiger partial charge is 0.164 e. The van der Waals surface area contributed by atoms with Gasteiger partial charge in [-0.25, -0.2) is 0 Å². The lowest BCUT2D eigenvalue weighted by atomic mass is 10.0. The van der Waals surface area contributed by atoms with Gasteiger partial charge in [0.05, 0.1) is 6.10 Å². The summed E-state index contributed by atoms with van der Waals surface area (Å²) >= 11 is 0. The van der Waals surface area contributed by atoms with Crippen molar-refractivity contribution in [1.29, 1.82) is 0 Å². The summed E-state index contributed by atoms with van der Waals surface area (Å²) in [6.07, 6.45) is 0.562. The fraction of sp³-hybridized carbons (Fsp3) is 0.417. The Kier molecular flexibility index (Phi) is 4.46. The average Bonchev–Trinajstić information content (AvgIpc) is 2.17. The molecule has 0 aromatic heterocycles. The maximum absolute atomic E-state index is 11.5. The number of carbonyl (C=O) groups excluding carboxylic acids is 1. The third kappa shape index (κ3) is 3.81. The van der Waals surface area contributed by atoms with Crippen molar-refractivity contribution in [2.24, 2.45) is 5.73 Å².